The molecule has 0 fully saturated rings. The minimum Gasteiger partial charge on any atom is -0.478 e. The summed E-state index contributed by atoms with van der Waals surface area (Å²) in [6, 6.07) is 1.56. The Morgan fingerprint density at radius 1 is 1.40 bits per heavy atom. The van der Waals surface area contributed by atoms with Crippen LogP contribution in [-0.2, 0) is 14.6 Å². The molecule has 0 aliphatic carbocycles. The summed E-state index contributed by atoms with van der Waals surface area (Å²) in [7, 11) is -3.82. The lowest BCUT2D eigenvalue weighted by Crippen LogP contribution is -2.14. The van der Waals surface area contributed by atoms with Crippen molar-refractivity contribution < 1.29 is 27.4 Å². The first-order chi connectivity index (χ1) is 9.29. The molecule has 1 N–H and O–H groups in total. The first-order valence-corrected chi connectivity index (χ1v) is 7.85. The molecule has 0 radical (unpaired) electrons. The minimum absolute atomic E-state index is 0.0389. The second-order valence-electron chi connectivity index (χ2n) is 4.00. The van der Waals surface area contributed by atoms with Gasteiger partial charge in [0.05, 0.1) is 27.8 Å². The zero-order valence-corrected chi connectivity index (χ0v) is 12.3. The van der Waals surface area contributed by atoms with Crippen LogP contribution >= 0.6 is 11.6 Å². The van der Waals surface area contributed by atoms with Gasteiger partial charge in [-0.1, -0.05) is 18.5 Å². The summed E-state index contributed by atoms with van der Waals surface area (Å²) in [5.41, 5.74) is -0.584. The summed E-state index contributed by atoms with van der Waals surface area (Å²) in [6.45, 7) is 2.26. The van der Waals surface area contributed by atoms with E-state index in [1.807, 2.05) is 6.92 Å². The maximum atomic E-state index is 13.5. The molecule has 0 atom stereocenters. The lowest BCUT2D eigenvalue weighted by Gasteiger charge is -2.08. The van der Waals surface area contributed by atoms with Crippen molar-refractivity contribution in [2.75, 3.05) is 19.0 Å². The van der Waals surface area contributed by atoms with E-state index in [2.05, 4.69) is 0 Å². The van der Waals surface area contributed by atoms with Gasteiger partial charge in [-0.25, -0.2) is 17.6 Å². The molecule has 1 rings (SSSR count). The second-order valence-corrected chi connectivity index (χ2v) is 6.49. The van der Waals surface area contributed by atoms with Gasteiger partial charge >= 0.3 is 5.97 Å². The predicted octanol–water partition coefficient (Wildman–Crippen LogP) is 2.38. The fourth-order valence-electron chi connectivity index (χ4n) is 1.43. The van der Waals surface area contributed by atoms with Crippen molar-refractivity contribution in [1.82, 2.24) is 0 Å². The summed E-state index contributed by atoms with van der Waals surface area (Å²) >= 11 is 5.48. The Balaban J connectivity index is 3.04. The monoisotopic (exact) mass is 324 g/mol. The molecular weight excluding hydrogens is 311 g/mol. The Kier molecular flexibility index (Phi) is 5.91. The number of carboxylic acid groups (broad SMARTS) is 1. The van der Waals surface area contributed by atoms with Crippen molar-refractivity contribution in [2.45, 2.75) is 18.2 Å². The van der Waals surface area contributed by atoms with Gasteiger partial charge in [-0.05, 0) is 18.6 Å². The maximum absolute atomic E-state index is 13.5. The summed E-state index contributed by atoms with van der Waals surface area (Å²) < 4.78 is 42.4. The van der Waals surface area contributed by atoms with Crippen LogP contribution in [0.2, 0.25) is 5.02 Å². The van der Waals surface area contributed by atoms with Crippen LogP contribution in [0.5, 0.6) is 0 Å². The molecular formula is C12H14ClFO5S. The van der Waals surface area contributed by atoms with Crippen LogP contribution in [0.25, 0.3) is 0 Å². The highest BCUT2D eigenvalue weighted by Crippen LogP contribution is 2.25. The molecule has 0 saturated heterocycles. The molecule has 0 aromatic heterocycles. The molecule has 0 aliphatic heterocycles. The molecule has 0 amide bonds. The molecule has 20 heavy (non-hydrogen) atoms. The normalized spacial score (nSPS) is 11.6. The van der Waals surface area contributed by atoms with E-state index in [9.17, 15) is 17.6 Å². The highest BCUT2D eigenvalue weighted by molar-refractivity contribution is 7.91. The lowest BCUT2D eigenvalue weighted by atomic mass is 10.2. The highest BCUT2D eigenvalue weighted by Gasteiger charge is 2.21. The van der Waals surface area contributed by atoms with Gasteiger partial charge < -0.3 is 9.84 Å². The number of ether oxygens (including phenoxy) is 1. The van der Waals surface area contributed by atoms with Crippen LogP contribution in [0.1, 0.15) is 23.7 Å². The predicted molar refractivity (Wildman–Crippen MR) is 71.5 cm³/mol. The maximum Gasteiger partial charge on any atom is 0.337 e. The van der Waals surface area contributed by atoms with Crippen molar-refractivity contribution in [2.24, 2.45) is 0 Å². The Morgan fingerprint density at radius 2 is 2.05 bits per heavy atom. The molecule has 0 heterocycles. The molecule has 0 saturated carbocycles. The number of aromatic carboxylic acids is 1. The largest absolute Gasteiger partial charge is 0.478 e. The van der Waals surface area contributed by atoms with Gasteiger partial charge in [-0.15, -0.1) is 0 Å². The smallest absolute Gasteiger partial charge is 0.337 e. The second kappa shape index (κ2) is 7.01. The Labute approximate surface area is 121 Å². The van der Waals surface area contributed by atoms with E-state index in [1.54, 1.807) is 0 Å². The summed E-state index contributed by atoms with van der Waals surface area (Å²) in [4.78, 5) is 10.5. The molecule has 1 aromatic carbocycles. The van der Waals surface area contributed by atoms with E-state index in [1.165, 1.54) is 0 Å². The van der Waals surface area contributed by atoms with Gasteiger partial charge in [0.1, 0.15) is 5.82 Å². The van der Waals surface area contributed by atoms with Crippen LogP contribution in [0, 0.1) is 5.82 Å². The van der Waals surface area contributed by atoms with E-state index in [0.29, 0.717) is 12.7 Å². The van der Waals surface area contributed by atoms with Crippen molar-refractivity contribution >= 4 is 27.4 Å². The van der Waals surface area contributed by atoms with Crippen molar-refractivity contribution in [3.8, 4) is 0 Å². The van der Waals surface area contributed by atoms with Crippen LogP contribution in [0.4, 0.5) is 4.39 Å². The number of carbonyl (C=O) groups is 1. The van der Waals surface area contributed by atoms with Crippen LogP contribution in [-0.4, -0.2) is 38.5 Å². The molecule has 0 unspecified atom stereocenters. The van der Waals surface area contributed by atoms with E-state index in [0.717, 1.165) is 12.5 Å². The van der Waals surface area contributed by atoms with Gasteiger partial charge in [-0.2, -0.15) is 0 Å². The minimum atomic E-state index is -3.82. The fourth-order valence-corrected chi connectivity index (χ4v) is 2.78. The van der Waals surface area contributed by atoms with E-state index >= 15 is 0 Å². The van der Waals surface area contributed by atoms with Crippen molar-refractivity contribution in [3.63, 3.8) is 0 Å². The van der Waals surface area contributed by atoms with Crippen LogP contribution < -0.4 is 0 Å². The Bertz CT molecular complexity index is 600. The van der Waals surface area contributed by atoms with Gasteiger partial charge in [0.15, 0.2) is 9.84 Å². The SMILES string of the molecule is CCCOCCS(=O)(=O)c1cc(F)c(Cl)c(C(=O)O)c1. The molecule has 0 aliphatic rings. The number of hydrogen-bond acceptors (Lipinski definition) is 4. The number of carboxylic acids is 1. The first kappa shape index (κ1) is 16.9. The number of sulfone groups is 1. The zero-order valence-electron chi connectivity index (χ0n) is 10.7. The summed E-state index contributed by atoms with van der Waals surface area (Å²) in [5, 5.41) is 8.24. The molecule has 8 heteroatoms. The zero-order chi connectivity index (χ0) is 15.3. The highest BCUT2D eigenvalue weighted by atomic mass is 35.5. The van der Waals surface area contributed by atoms with Crippen molar-refractivity contribution in [1.29, 1.82) is 0 Å². The third-order valence-corrected chi connectivity index (χ3v) is 4.48. The molecule has 112 valence electrons. The third-order valence-electron chi connectivity index (χ3n) is 2.44. The molecule has 0 bridgehead atoms. The lowest BCUT2D eigenvalue weighted by molar-refractivity contribution is 0.0696. The van der Waals surface area contributed by atoms with Gasteiger partial charge in [-0.3, -0.25) is 0 Å². The topological polar surface area (TPSA) is 80.7 Å². The van der Waals surface area contributed by atoms with E-state index < -0.39 is 37.1 Å². The Morgan fingerprint density at radius 3 is 2.60 bits per heavy atom. The third kappa shape index (κ3) is 4.16. The number of hydrogen-bond donors (Lipinski definition) is 1. The average Bonchev–Trinajstić information content (AvgIpc) is 2.37. The standard InChI is InChI=1S/C12H14ClFO5S/c1-2-3-19-4-5-20(17,18)8-6-9(12(15)16)11(13)10(14)7-8/h6-7H,2-5H2,1H3,(H,15,16). The summed E-state index contributed by atoms with van der Waals surface area (Å²) in [5.74, 6) is -2.93. The molecule has 1 aromatic rings. The first-order valence-electron chi connectivity index (χ1n) is 5.82. The van der Waals surface area contributed by atoms with Gasteiger partial charge in [0.2, 0.25) is 0 Å². The van der Waals surface area contributed by atoms with E-state index in [-0.39, 0.29) is 12.4 Å². The molecule has 0 spiro atoms. The number of benzene rings is 1. The summed E-state index contributed by atoms with van der Waals surface area (Å²) in [6.07, 6.45) is 0.749. The van der Waals surface area contributed by atoms with E-state index in [4.69, 9.17) is 21.4 Å². The van der Waals surface area contributed by atoms with Crippen molar-refractivity contribution in [3.05, 3.63) is 28.5 Å². The fraction of sp³-hybridized carbons (Fsp3) is 0.417. The Hall–Kier alpha value is -1.18. The average molecular weight is 325 g/mol. The van der Waals surface area contributed by atoms with Crippen LogP contribution in [0.3, 0.4) is 0 Å². The van der Waals surface area contributed by atoms with Gasteiger partial charge in [0.25, 0.3) is 0 Å². The quantitative estimate of drug-likeness (QED) is 0.779. The molecule has 5 nitrogen and oxygen atoms in total. The number of halogens is 2. The number of rotatable bonds is 7. The van der Waals surface area contributed by atoms with Gasteiger partial charge in [0, 0.05) is 6.61 Å². The van der Waals surface area contributed by atoms with Crippen LogP contribution in [0.15, 0.2) is 17.0 Å².